The lowest BCUT2D eigenvalue weighted by molar-refractivity contribution is -0.274. The number of hydrogen-bond donors (Lipinski definition) is 2. The van der Waals surface area contributed by atoms with Gasteiger partial charge >= 0.3 is 6.36 Å². The summed E-state index contributed by atoms with van der Waals surface area (Å²) in [7, 11) is 0. The Morgan fingerprint density at radius 2 is 1.78 bits per heavy atom. The lowest BCUT2D eigenvalue weighted by Gasteiger charge is -2.48. The monoisotopic (exact) mass is 525 g/mol. The summed E-state index contributed by atoms with van der Waals surface area (Å²) in [6, 6.07) is 4.00. The lowest BCUT2D eigenvalue weighted by atomic mass is 9.63. The number of hydrogen-bond acceptors (Lipinski definition) is 6. The number of halogens is 3. The first kappa shape index (κ1) is 27.1. The summed E-state index contributed by atoms with van der Waals surface area (Å²) in [6.07, 6.45) is -2.28. The molecule has 0 aromatic heterocycles. The quantitative estimate of drug-likeness (QED) is 0.552. The first-order valence-electron chi connectivity index (χ1n) is 12.4. The summed E-state index contributed by atoms with van der Waals surface area (Å²) in [5.74, 6) is -0.652. The number of benzene rings is 1. The third-order valence-corrected chi connectivity index (χ3v) is 7.95. The van der Waals surface area contributed by atoms with Crippen molar-refractivity contribution in [2.45, 2.75) is 77.8 Å². The number of alkyl halides is 3. The van der Waals surface area contributed by atoms with Crippen molar-refractivity contribution in [3.63, 3.8) is 0 Å². The van der Waals surface area contributed by atoms with Crippen molar-refractivity contribution in [2.75, 3.05) is 6.61 Å². The smallest absolute Gasteiger partial charge is 0.490 e. The Labute approximate surface area is 213 Å². The van der Waals surface area contributed by atoms with Crippen LogP contribution in [0.2, 0.25) is 0 Å². The highest BCUT2D eigenvalue weighted by molar-refractivity contribution is 5.88. The van der Waals surface area contributed by atoms with Gasteiger partial charge in [0.05, 0.1) is 5.41 Å². The lowest BCUT2D eigenvalue weighted by Crippen LogP contribution is -2.51. The SMILES string of the molecule is CC(C)(CC1=N[C@@]2(CO1)c1cc(OC(F)(F)F)ccc1O[C@H]1CCC(CC(C)(C)C(N)=O)C[C@@H]12)C(N)=O. The second-order valence-electron chi connectivity index (χ2n) is 11.7. The van der Waals surface area contributed by atoms with Gasteiger partial charge in [-0.3, -0.25) is 9.59 Å². The van der Waals surface area contributed by atoms with Crippen LogP contribution in [0, 0.1) is 22.7 Å². The summed E-state index contributed by atoms with van der Waals surface area (Å²) in [6.45, 7) is 7.07. The third kappa shape index (κ3) is 5.36. The molecule has 1 spiro atoms. The van der Waals surface area contributed by atoms with E-state index in [2.05, 4.69) is 4.74 Å². The molecule has 4 rings (SSSR count). The maximum absolute atomic E-state index is 13.0. The van der Waals surface area contributed by atoms with Gasteiger partial charge in [-0.1, -0.05) is 27.7 Å². The van der Waals surface area contributed by atoms with Crippen LogP contribution >= 0.6 is 0 Å². The van der Waals surface area contributed by atoms with Gasteiger partial charge < -0.3 is 25.7 Å². The van der Waals surface area contributed by atoms with Gasteiger partial charge in [-0.05, 0) is 49.8 Å². The van der Waals surface area contributed by atoms with Crippen molar-refractivity contribution in [3.05, 3.63) is 23.8 Å². The van der Waals surface area contributed by atoms with E-state index in [1.165, 1.54) is 18.2 Å². The van der Waals surface area contributed by atoms with Gasteiger partial charge in [-0.25, -0.2) is 4.99 Å². The molecule has 0 saturated heterocycles. The summed E-state index contributed by atoms with van der Waals surface area (Å²) in [4.78, 5) is 28.9. The van der Waals surface area contributed by atoms with E-state index in [0.29, 0.717) is 36.5 Å². The molecule has 1 aromatic carbocycles. The molecule has 1 aromatic rings. The number of nitrogens with two attached hydrogens (primary N) is 2. The van der Waals surface area contributed by atoms with Crippen molar-refractivity contribution in [3.8, 4) is 11.5 Å². The van der Waals surface area contributed by atoms with Gasteiger partial charge in [0.25, 0.3) is 0 Å². The minimum atomic E-state index is -4.86. The van der Waals surface area contributed by atoms with Crippen molar-refractivity contribution in [1.82, 2.24) is 0 Å². The number of fused-ring (bicyclic) bond motifs is 4. The van der Waals surface area contributed by atoms with E-state index < -0.39 is 28.6 Å². The summed E-state index contributed by atoms with van der Waals surface area (Å²) in [5, 5.41) is 0. The van der Waals surface area contributed by atoms with Crippen molar-refractivity contribution < 1.29 is 37.0 Å². The molecule has 4 N–H and O–H groups in total. The van der Waals surface area contributed by atoms with Crippen LogP contribution in [0.5, 0.6) is 11.5 Å². The predicted octanol–water partition coefficient (Wildman–Crippen LogP) is 4.19. The molecule has 0 bridgehead atoms. The van der Waals surface area contributed by atoms with E-state index in [9.17, 15) is 22.8 Å². The molecule has 2 aliphatic heterocycles. The highest BCUT2D eigenvalue weighted by atomic mass is 19.4. The largest absolute Gasteiger partial charge is 0.573 e. The molecule has 1 unspecified atom stereocenters. The zero-order chi connectivity index (χ0) is 27.4. The molecule has 2 heterocycles. The molecule has 3 aliphatic rings. The molecule has 37 heavy (non-hydrogen) atoms. The van der Waals surface area contributed by atoms with Crippen LogP contribution in [0.25, 0.3) is 0 Å². The Morgan fingerprint density at radius 1 is 1.11 bits per heavy atom. The Bertz CT molecular complexity index is 1120. The summed E-state index contributed by atoms with van der Waals surface area (Å²) in [5.41, 5.74) is 8.93. The average Bonchev–Trinajstić information content (AvgIpc) is 3.17. The van der Waals surface area contributed by atoms with Crippen LogP contribution in [0.1, 0.15) is 65.4 Å². The van der Waals surface area contributed by atoms with E-state index >= 15 is 0 Å². The molecule has 4 atom stereocenters. The predicted molar refractivity (Wildman–Crippen MR) is 129 cm³/mol. The highest BCUT2D eigenvalue weighted by Crippen LogP contribution is 2.55. The third-order valence-electron chi connectivity index (χ3n) is 7.95. The Hall–Kier alpha value is -2.98. The second kappa shape index (κ2) is 9.09. The van der Waals surface area contributed by atoms with Gasteiger partial charge in [-0.2, -0.15) is 0 Å². The second-order valence-corrected chi connectivity index (χ2v) is 11.7. The van der Waals surface area contributed by atoms with Crippen LogP contribution in [0.3, 0.4) is 0 Å². The van der Waals surface area contributed by atoms with Crippen LogP contribution in [-0.2, 0) is 19.9 Å². The van der Waals surface area contributed by atoms with Crippen LogP contribution < -0.4 is 20.9 Å². The molecule has 1 saturated carbocycles. The zero-order valence-electron chi connectivity index (χ0n) is 21.5. The normalized spacial score (nSPS) is 27.4. The molecular formula is C26H34F3N3O5. The maximum atomic E-state index is 13.0. The van der Waals surface area contributed by atoms with E-state index in [1.54, 1.807) is 13.8 Å². The number of ether oxygens (including phenoxy) is 3. The topological polar surface area (TPSA) is 126 Å². The highest BCUT2D eigenvalue weighted by Gasteiger charge is 2.56. The fourth-order valence-electron chi connectivity index (χ4n) is 5.76. The number of primary amides is 2. The zero-order valence-corrected chi connectivity index (χ0v) is 21.5. The Kier molecular flexibility index (Phi) is 6.65. The number of carbonyl (C=O) groups excluding carboxylic acids is 2. The molecule has 8 nitrogen and oxygen atoms in total. The number of amides is 2. The average molecular weight is 526 g/mol. The van der Waals surface area contributed by atoms with Crippen LogP contribution in [0.4, 0.5) is 13.2 Å². The fourth-order valence-corrected chi connectivity index (χ4v) is 5.76. The number of aliphatic imine (C=N–C) groups is 1. The van der Waals surface area contributed by atoms with Crippen molar-refractivity contribution in [1.29, 1.82) is 0 Å². The van der Waals surface area contributed by atoms with Crippen LogP contribution in [0.15, 0.2) is 23.2 Å². The Morgan fingerprint density at radius 3 is 2.41 bits per heavy atom. The first-order chi connectivity index (χ1) is 17.0. The maximum Gasteiger partial charge on any atom is 0.573 e. The van der Waals surface area contributed by atoms with Crippen molar-refractivity contribution in [2.24, 2.45) is 39.1 Å². The number of rotatable bonds is 7. The van der Waals surface area contributed by atoms with E-state index in [-0.39, 0.29) is 42.6 Å². The van der Waals surface area contributed by atoms with E-state index in [1.807, 2.05) is 13.8 Å². The fraction of sp³-hybridized carbons (Fsp3) is 0.654. The summed E-state index contributed by atoms with van der Waals surface area (Å²) >= 11 is 0. The first-order valence-corrected chi connectivity index (χ1v) is 12.4. The van der Waals surface area contributed by atoms with Crippen molar-refractivity contribution >= 4 is 17.7 Å². The molecule has 1 fully saturated rings. The molecular weight excluding hydrogens is 491 g/mol. The summed E-state index contributed by atoms with van der Waals surface area (Å²) < 4.78 is 55.5. The molecule has 1 aliphatic carbocycles. The van der Waals surface area contributed by atoms with Crippen LogP contribution in [-0.4, -0.2) is 36.8 Å². The molecule has 0 radical (unpaired) electrons. The van der Waals surface area contributed by atoms with Gasteiger partial charge in [0.2, 0.25) is 11.8 Å². The molecule has 11 heteroatoms. The van der Waals surface area contributed by atoms with Gasteiger partial charge in [0.1, 0.15) is 29.7 Å². The number of nitrogens with zero attached hydrogens (tertiary/aromatic N) is 1. The minimum Gasteiger partial charge on any atom is -0.490 e. The molecule has 204 valence electrons. The number of carbonyl (C=O) groups is 2. The minimum absolute atomic E-state index is 0.0795. The Balaban J connectivity index is 1.76. The van der Waals surface area contributed by atoms with E-state index in [0.717, 1.165) is 6.42 Å². The van der Waals surface area contributed by atoms with E-state index in [4.69, 9.17) is 25.9 Å². The van der Waals surface area contributed by atoms with Gasteiger partial charge in [0.15, 0.2) is 5.90 Å². The standard InChI is InChI=1S/C26H34F3N3O5/c1-23(2,21(30)33)11-14-5-7-18-16(9-14)25(13-35-20(32-25)12-24(3,4)22(31)34)17-10-15(37-26(27,28)29)6-8-19(17)36-18/h6,8,10,14,16,18H,5,7,9,11-13H2,1-4H3,(H2,30,33)(H2,31,34)/t14?,16-,18-,25+/m0/s1. The molecule has 2 amide bonds. The van der Waals surface area contributed by atoms with Gasteiger partial charge in [-0.15, -0.1) is 13.2 Å². The van der Waals surface area contributed by atoms with Gasteiger partial charge in [0, 0.05) is 23.3 Å².